The Morgan fingerprint density at radius 1 is 0.909 bits per heavy atom. The third-order valence-corrected chi connectivity index (χ3v) is 5.70. The van der Waals surface area contributed by atoms with E-state index in [2.05, 4.69) is 25.2 Å². The summed E-state index contributed by atoms with van der Waals surface area (Å²) in [6.45, 7) is 2.42. The molecule has 0 unspecified atom stereocenters. The van der Waals surface area contributed by atoms with Crippen LogP contribution in [0.15, 0.2) is 54.9 Å². The van der Waals surface area contributed by atoms with Crippen molar-refractivity contribution in [2.45, 2.75) is 0 Å². The van der Waals surface area contributed by atoms with Crippen molar-refractivity contribution in [2.75, 3.05) is 45.3 Å². The van der Waals surface area contributed by atoms with Crippen molar-refractivity contribution in [3.63, 3.8) is 0 Å². The van der Waals surface area contributed by atoms with E-state index >= 15 is 0 Å². The molecule has 168 valence electrons. The topological polar surface area (TPSA) is 98.5 Å². The van der Waals surface area contributed by atoms with Crippen molar-refractivity contribution in [1.82, 2.24) is 29.9 Å². The van der Waals surface area contributed by atoms with E-state index in [-0.39, 0.29) is 5.91 Å². The summed E-state index contributed by atoms with van der Waals surface area (Å²) in [4.78, 5) is 25.8. The summed E-state index contributed by atoms with van der Waals surface area (Å²) in [6.07, 6.45) is 1.52. The van der Waals surface area contributed by atoms with E-state index < -0.39 is 0 Å². The van der Waals surface area contributed by atoms with E-state index in [1.807, 2.05) is 47.4 Å². The molecule has 1 aliphatic heterocycles. The average Bonchev–Trinajstić information content (AvgIpc) is 3.33. The first-order valence-electron chi connectivity index (χ1n) is 10.6. The van der Waals surface area contributed by atoms with Crippen molar-refractivity contribution in [1.29, 1.82) is 0 Å². The number of ether oxygens (including phenoxy) is 2. The van der Waals surface area contributed by atoms with Gasteiger partial charge in [-0.2, -0.15) is 4.68 Å². The van der Waals surface area contributed by atoms with Gasteiger partial charge < -0.3 is 19.3 Å². The van der Waals surface area contributed by atoms with E-state index in [0.29, 0.717) is 54.5 Å². The van der Waals surface area contributed by atoms with Gasteiger partial charge in [0.15, 0.2) is 17.0 Å². The number of piperazine rings is 1. The number of hydrogen-bond acceptors (Lipinski definition) is 8. The maximum Gasteiger partial charge on any atom is 0.254 e. The highest BCUT2D eigenvalue weighted by molar-refractivity contribution is 5.95. The zero-order valence-corrected chi connectivity index (χ0v) is 18.4. The van der Waals surface area contributed by atoms with Gasteiger partial charge in [0.05, 0.1) is 19.9 Å². The normalized spacial score (nSPS) is 13.9. The summed E-state index contributed by atoms with van der Waals surface area (Å²) in [5, 5.41) is 8.66. The number of carbonyl (C=O) groups is 1. The molecule has 1 aliphatic rings. The number of hydrogen-bond donors (Lipinski definition) is 0. The van der Waals surface area contributed by atoms with Gasteiger partial charge in [0, 0.05) is 37.8 Å². The standard InChI is InChI=1S/C23H23N7O3/c1-32-18-7-3-5-16(13-18)23(31)29-11-9-28(10-12-29)21-20-22(25-15-24-21)30(27-26-20)17-6-4-8-19(14-17)33-2/h3-8,13-15H,9-12H2,1-2H3. The van der Waals surface area contributed by atoms with Crippen LogP contribution in [0.25, 0.3) is 16.9 Å². The van der Waals surface area contributed by atoms with E-state index in [0.717, 1.165) is 11.4 Å². The van der Waals surface area contributed by atoms with E-state index in [4.69, 9.17) is 9.47 Å². The quantitative estimate of drug-likeness (QED) is 0.461. The molecule has 2 aromatic carbocycles. The fourth-order valence-electron chi connectivity index (χ4n) is 3.94. The van der Waals surface area contributed by atoms with Gasteiger partial charge in [-0.3, -0.25) is 4.79 Å². The first-order valence-corrected chi connectivity index (χ1v) is 10.6. The summed E-state index contributed by atoms with van der Waals surface area (Å²) in [5.74, 6) is 2.09. The van der Waals surface area contributed by atoms with Crippen LogP contribution in [0.5, 0.6) is 11.5 Å². The van der Waals surface area contributed by atoms with Crippen LogP contribution < -0.4 is 14.4 Å². The van der Waals surface area contributed by atoms with Crippen LogP contribution in [0.2, 0.25) is 0 Å². The number of rotatable bonds is 5. The number of benzene rings is 2. The van der Waals surface area contributed by atoms with Gasteiger partial charge in [-0.15, -0.1) is 5.10 Å². The first-order chi connectivity index (χ1) is 16.2. The molecule has 0 spiro atoms. The van der Waals surface area contributed by atoms with Crippen molar-refractivity contribution in [2.24, 2.45) is 0 Å². The van der Waals surface area contributed by atoms with Gasteiger partial charge in [-0.25, -0.2) is 9.97 Å². The predicted octanol–water partition coefficient (Wildman–Crippen LogP) is 2.19. The SMILES string of the molecule is COc1cccc(C(=O)N2CCN(c3ncnc4c3nnn4-c3cccc(OC)c3)CC2)c1. The molecule has 1 fully saturated rings. The lowest BCUT2D eigenvalue weighted by Crippen LogP contribution is -2.49. The van der Waals surface area contributed by atoms with Crippen LogP contribution in [0.1, 0.15) is 10.4 Å². The van der Waals surface area contributed by atoms with Crippen molar-refractivity contribution in [3.05, 3.63) is 60.4 Å². The Bertz CT molecular complexity index is 1300. The second-order valence-corrected chi connectivity index (χ2v) is 7.58. The number of carbonyl (C=O) groups excluding carboxylic acids is 1. The van der Waals surface area contributed by atoms with E-state index in [1.165, 1.54) is 6.33 Å². The molecule has 0 saturated carbocycles. The Balaban J connectivity index is 1.35. The van der Waals surface area contributed by atoms with Crippen LogP contribution in [0.4, 0.5) is 5.82 Å². The number of fused-ring (bicyclic) bond motifs is 1. The summed E-state index contributed by atoms with van der Waals surface area (Å²) >= 11 is 0. The number of aromatic nitrogens is 5. The molecule has 0 radical (unpaired) electrons. The van der Waals surface area contributed by atoms with Gasteiger partial charge in [0.2, 0.25) is 0 Å². The highest BCUT2D eigenvalue weighted by Crippen LogP contribution is 2.25. The van der Waals surface area contributed by atoms with Crippen molar-refractivity contribution < 1.29 is 14.3 Å². The third kappa shape index (κ3) is 3.91. The van der Waals surface area contributed by atoms with Gasteiger partial charge >= 0.3 is 0 Å². The van der Waals surface area contributed by atoms with Crippen LogP contribution in [-0.2, 0) is 0 Å². The molecule has 1 saturated heterocycles. The molecule has 33 heavy (non-hydrogen) atoms. The molecule has 10 nitrogen and oxygen atoms in total. The predicted molar refractivity (Wildman–Crippen MR) is 122 cm³/mol. The second kappa shape index (κ2) is 8.73. The zero-order valence-electron chi connectivity index (χ0n) is 18.4. The number of methoxy groups -OCH3 is 2. The number of nitrogens with zero attached hydrogens (tertiary/aromatic N) is 7. The van der Waals surface area contributed by atoms with E-state index in [9.17, 15) is 4.79 Å². The molecule has 0 bridgehead atoms. The molecule has 3 heterocycles. The molecular formula is C23H23N7O3. The minimum atomic E-state index is -0.00893. The molecule has 4 aromatic rings. The number of anilines is 1. The second-order valence-electron chi connectivity index (χ2n) is 7.58. The third-order valence-electron chi connectivity index (χ3n) is 5.70. The Labute approximate surface area is 190 Å². The maximum absolute atomic E-state index is 12.9. The number of amides is 1. The first kappa shape index (κ1) is 20.7. The Hall–Kier alpha value is -4.21. The van der Waals surface area contributed by atoms with Gasteiger partial charge in [-0.05, 0) is 30.3 Å². The highest BCUT2D eigenvalue weighted by Gasteiger charge is 2.25. The highest BCUT2D eigenvalue weighted by atomic mass is 16.5. The molecular weight excluding hydrogens is 422 g/mol. The van der Waals surface area contributed by atoms with Crippen molar-refractivity contribution >= 4 is 22.9 Å². The maximum atomic E-state index is 12.9. The van der Waals surface area contributed by atoms with Gasteiger partial charge in [-0.1, -0.05) is 17.3 Å². The lowest BCUT2D eigenvalue weighted by molar-refractivity contribution is 0.0746. The lowest BCUT2D eigenvalue weighted by atomic mass is 10.1. The van der Waals surface area contributed by atoms with Crippen LogP contribution >= 0.6 is 0 Å². The van der Waals surface area contributed by atoms with Crippen LogP contribution in [0.3, 0.4) is 0 Å². The molecule has 2 aromatic heterocycles. The molecule has 10 heteroatoms. The Morgan fingerprint density at radius 2 is 1.64 bits per heavy atom. The molecule has 0 aliphatic carbocycles. The molecule has 0 N–H and O–H groups in total. The molecule has 0 atom stereocenters. The summed E-state index contributed by atoms with van der Waals surface area (Å²) in [6, 6.07) is 14.8. The lowest BCUT2D eigenvalue weighted by Gasteiger charge is -2.35. The zero-order chi connectivity index (χ0) is 22.8. The Kier molecular flexibility index (Phi) is 5.47. The van der Waals surface area contributed by atoms with Gasteiger partial charge in [0.1, 0.15) is 17.8 Å². The Morgan fingerprint density at radius 3 is 2.39 bits per heavy atom. The fourth-order valence-corrected chi connectivity index (χ4v) is 3.94. The van der Waals surface area contributed by atoms with Crippen LogP contribution in [-0.4, -0.2) is 76.2 Å². The van der Waals surface area contributed by atoms with Crippen LogP contribution in [0, 0.1) is 0 Å². The van der Waals surface area contributed by atoms with Crippen molar-refractivity contribution in [3.8, 4) is 17.2 Å². The summed E-state index contributed by atoms with van der Waals surface area (Å²) < 4.78 is 12.2. The summed E-state index contributed by atoms with van der Waals surface area (Å²) in [5.41, 5.74) is 2.65. The average molecular weight is 445 g/mol. The minimum absolute atomic E-state index is 0.00893. The largest absolute Gasteiger partial charge is 0.497 e. The van der Waals surface area contributed by atoms with Gasteiger partial charge in [0.25, 0.3) is 5.91 Å². The fraction of sp³-hybridized carbons (Fsp3) is 0.261. The summed E-state index contributed by atoms with van der Waals surface area (Å²) in [7, 11) is 3.22. The molecule has 5 rings (SSSR count). The van der Waals surface area contributed by atoms with E-state index in [1.54, 1.807) is 25.0 Å². The molecule has 1 amide bonds. The minimum Gasteiger partial charge on any atom is -0.497 e. The smallest absolute Gasteiger partial charge is 0.254 e. The monoisotopic (exact) mass is 445 g/mol.